The summed E-state index contributed by atoms with van der Waals surface area (Å²) in [4.78, 5) is 0. The van der Waals surface area contributed by atoms with Crippen molar-refractivity contribution in [3.8, 4) is 11.5 Å². The lowest BCUT2D eigenvalue weighted by Crippen LogP contribution is -2.05. The largest absolute Gasteiger partial charge is 0.490 e. The van der Waals surface area contributed by atoms with Crippen LogP contribution < -0.4 is 14.8 Å². The van der Waals surface area contributed by atoms with E-state index in [0.717, 1.165) is 15.7 Å². The topological polar surface area (TPSA) is 30.5 Å². The van der Waals surface area contributed by atoms with Crippen molar-refractivity contribution in [1.82, 2.24) is 0 Å². The van der Waals surface area contributed by atoms with Crippen LogP contribution in [0.2, 0.25) is 10.0 Å². The quantitative estimate of drug-likeness (QED) is 0.349. The molecule has 0 fully saturated rings. The van der Waals surface area contributed by atoms with Gasteiger partial charge in [0.05, 0.1) is 17.3 Å². The van der Waals surface area contributed by atoms with Crippen molar-refractivity contribution in [2.24, 2.45) is 0 Å². The highest BCUT2D eigenvalue weighted by atomic mass is 79.9. The third kappa shape index (κ3) is 5.78. The first-order chi connectivity index (χ1) is 14.0. The molecular weight excluding hydrogens is 480 g/mol. The molecule has 3 rings (SSSR count). The molecule has 0 heterocycles. The fourth-order valence-electron chi connectivity index (χ4n) is 2.69. The molecule has 152 valence electrons. The zero-order valence-electron chi connectivity index (χ0n) is 15.6. The first kappa shape index (κ1) is 21.8. The molecule has 29 heavy (non-hydrogen) atoms. The van der Waals surface area contributed by atoms with E-state index >= 15 is 0 Å². The highest BCUT2D eigenvalue weighted by Crippen LogP contribution is 2.35. The van der Waals surface area contributed by atoms with E-state index in [0.29, 0.717) is 40.3 Å². The van der Waals surface area contributed by atoms with E-state index in [9.17, 15) is 4.39 Å². The second kappa shape index (κ2) is 10.2. The van der Waals surface area contributed by atoms with Crippen LogP contribution in [-0.4, -0.2) is 6.61 Å². The molecule has 7 heteroatoms. The maximum absolute atomic E-state index is 13.9. The molecule has 0 spiro atoms. The standard InChI is InChI=1S/C22H19BrCl2FNO2/c1-2-28-21-9-15(12-27-20-8-7-16(24)10-18(20)25)17(23)11-22(21)29-13-14-5-3-4-6-19(14)26/h3-11,27H,2,12-13H2,1H3. The first-order valence-electron chi connectivity index (χ1n) is 8.98. The van der Waals surface area contributed by atoms with Gasteiger partial charge in [-0.1, -0.05) is 57.3 Å². The summed E-state index contributed by atoms with van der Waals surface area (Å²) in [5.74, 6) is 0.825. The van der Waals surface area contributed by atoms with Crippen LogP contribution in [0.3, 0.4) is 0 Å². The van der Waals surface area contributed by atoms with Gasteiger partial charge in [-0.15, -0.1) is 0 Å². The summed E-state index contributed by atoms with van der Waals surface area (Å²) in [5.41, 5.74) is 2.22. The van der Waals surface area contributed by atoms with Crippen LogP contribution in [0, 0.1) is 5.82 Å². The van der Waals surface area contributed by atoms with E-state index in [1.54, 1.807) is 30.3 Å². The zero-order valence-corrected chi connectivity index (χ0v) is 18.7. The molecule has 0 saturated carbocycles. The molecule has 0 radical (unpaired) electrons. The summed E-state index contributed by atoms with van der Waals surface area (Å²) < 4.78 is 26.3. The Labute approximate surface area is 187 Å². The normalized spacial score (nSPS) is 10.7. The van der Waals surface area contributed by atoms with Gasteiger partial charge in [-0.3, -0.25) is 0 Å². The first-order valence-corrected chi connectivity index (χ1v) is 10.5. The molecule has 3 nitrogen and oxygen atoms in total. The van der Waals surface area contributed by atoms with E-state index in [1.807, 2.05) is 25.1 Å². The van der Waals surface area contributed by atoms with Gasteiger partial charge >= 0.3 is 0 Å². The number of benzene rings is 3. The van der Waals surface area contributed by atoms with E-state index in [1.165, 1.54) is 6.07 Å². The molecule has 0 aliphatic rings. The fraction of sp³-hybridized carbons (Fsp3) is 0.182. The third-order valence-corrected chi connectivity index (χ3v) is 5.44. The second-order valence-electron chi connectivity index (χ2n) is 6.18. The van der Waals surface area contributed by atoms with Crippen LogP contribution in [0.1, 0.15) is 18.1 Å². The summed E-state index contributed by atoms with van der Waals surface area (Å²) in [5, 5.41) is 4.41. The third-order valence-electron chi connectivity index (χ3n) is 4.15. The SMILES string of the molecule is CCOc1cc(CNc2ccc(Cl)cc2Cl)c(Br)cc1OCc1ccccc1F. The van der Waals surface area contributed by atoms with Gasteiger partial charge in [0.1, 0.15) is 12.4 Å². The van der Waals surface area contributed by atoms with Crippen LogP contribution in [-0.2, 0) is 13.2 Å². The highest BCUT2D eigenvalue weighted by molar-refractivity contribution is 9.10. The maximum Gasteiger partial charge on any atom is 0.162 e. The fourth-order valence-corrected chi connectivity index (χ4v) is 3.63. The van der Waals surface area contributed by atoms with Crippen molar-refractivity contribution in [2.75, 3.05) is 11.9 Å². The van der Waals surface area contributed by atoms with Gasteiger partial charge in [0.25, 0.3) is 0 Å². The number of hydrogen-bond donors (Lipinski definition) is 1. The number of anilines is 1. The summed E-state index contributed by atoms with van der Waals surface area (Å²) >= 11 is 15.7. The van der Waals surface area contributed by atoms with E-state index in [2.05, 4.69) is 21.2 Å². The summed E-state index contributed by atoms with van der Waals surface area (Å²) in [6.45, 7) is 2.99. The smallest absolute Gasteiger partial charge is 0.162 e. The average Bonchev–Trinajstić information content (AvgIpc) is 2.69. The minimum absolute atomic E-state index is 0.108. The van der Waals surface area contributed by atoms with Crippen molar-refractivity contribution < 1.29 is 13.9 Å². The predicted octanol–water partition coefficient (Wildman–Crippen LogP) is 7.48. The van der Waals surface area contributed by atoms with Crippen LogP contribution in [0.4, 0.5) is 10.1 Å². The minimum atomic E-state index is -0.301. The number of hydrogen-bond acceptors (Lipinski definition) is 3. The van der Waals surface area contributed by atoms with Crippen LogP contribution in [0.15, 0.2) is 59.1 Å². The van der Waals surface area contributed by atoms with Crippen molar-refractivity contribution in [3.63, 3.8) is 0 Å². The van der Waals surface area contributed by atoms with Gasteiger partial charge in [-0.2, -0.15) is 0 Å². The van der Waals surface area contributed by atoms with Crippen molar-refractivity contribution in [2.45, 2.75) is 20.1 Å². The van der Waals surface area contributed by atoms with Gasteiger partial charge in [-0.25, -0.2) is 4.39 Å². The molecule has 0 aliphatic heterocycles. The lowest BCUT2D eigenvalue weighted by atomic mass is 10.2. The van der Waals surface area contributed by atoms with Gasteiger partial charge in [0.2, 0.25) is 0 Å². The summed E-state index contributed by atoms with van der Waals surface area (Å²) in [6.07, 6.45) is 0. The molecule has 0 saturated heterocycles. The number of halogens is 4. The molecule has 0 bridgehead atoms. The Morgan fingerprint density at radius 1 is 0.966 bits per heavy atom. The molecule has 0 aliphatic carbocycles. The van der Waals surface area contributed by atoms with Gasteiger partial charge < -0.3 is 14.8 Å². The Kier molecular flexibility index (Phi) is 7.64. The Morgan fingerprint density at radius 3 is 2.45 bits per heavy atom. The number of ether oxygens (including phenoxy) is 2. The average molecular weight is 499 g/mol. The molecule has 0 aromatic heterocycles. The van der Waals surface area contributed by atoms with Gasteiger partial charge in [0.15, 0.2) is 11.5 Å². The van der Waals surface area contributed by atoms with Crippen LogP contribution in [0.5, 0.6) is 11.5 Å². The Morgan fingerprint density at radius 2 is 1.72 bits per heavy atom. The Hall–Kier alpha value is -1.95. The van der Waals surface area contributed by atoms with E-state index in [4.69, 9.17) is 32.7 Å². The summed E-state index contributed by atoms with van der Waals surface area (Å²) in [7, 11) is 0. The van der Waals surface area contributed by atoms with E-state index < -0.39 is 0 Å². The monoisotopic (exact) mass is 497 g/mol. The molecule has 3 aromatic rings. The molecule has 0 amide bonds. The Bertz CT molecular complexity index is 1000. The maximum atomic E-state index is 13.9. The second-order valence-corrected chi connectivity index (χ2v) is 7.88. The lowest BCUT2D eigenvalue weighted by molar-refractivity contribution is 0.265. The highest BCUT2D eigenvalue weighted by Gasteiger charge is 2.13. The van der Waals surface area contributed by atoms with Gasteiger partial charge in [-0.05, 0) is 48.9 Å². The predicted molar refractivity (Wildman–Crippen MR) is 120 cm³/mol. The van der Waals surface area contributed by atoms with Crippen LogP contribution in [0.25, 0.3) is 0 Å². The lowest BCUT2D eigenvalue weighted by Gasteiger charge is -2.16. The van der Waals surface area contributed by atoms with Crippen molar-refractivity contribution >= 4 is 44.8 Å². The van der Waals surface area contributed by atoms with Gasteiger partial charge in [0, 0.05) is 21.6 Å². The minimum Gasteiger partial charge on any atom is -0.490 e. The van der Waals surface area contributed by atoms with Crippen molar-refractivity contribution in [3.05, 3.63) is 86.1 Å². The summed E-state index contributed by atoms with van der Waals surface area (Å²) in [6, 6.07) is 15.5. The Balaban J connectivity index is 1.77. The zero-order chi connectivity index (χ0) is 20.8. The molecule has 0 unspecified atom stereocenters. The molecular formula is C22H19BrCl2FNO2. The van der Waals surface area contributed by atoms with Crippen LogP contribution >= 0.6 is 39.1 Å². The molecule has 3 aromatic carbocycles. The van der Waals surface area contributed by atoms with Crippen molar-refractivity contribution in [1.29, 1.82) is 0 Å². The number of rotatable bonds is 8. The molecule has 1 N–H and O–H groups in total. The molecule has 0 atom stereocenters. The number of nitrogens with one attached hydrogen (secondary N) is 1. The van der Waals surface area contributed by atoms with E-state index in [-0.39, 0.29) is 12.4 Å².